The van der Waals surface area contributed by atoms with Gasteiger partial charge in [0.2, 0.25) is 17.5 Å². The second-order valence-electron chi connectivity index (χ2n) is 4.25. The Morgan fingerprint density at radius 3 is 2.72 bits per heavy atom. The van der Waals surface area contributed by atoms with Crippen molar-refractivity contribution in [2.45, 2.75) is 18.9 Å². The fraction of sp³-hybridized carbons (Fsp3) is 0.455. The van der Waals surface area contributed by atoms with Crippen LogP contribution in [0.15, 0.2) is 16.9 Å². The highest BCUT2D eigenvalue weighted by atomic mass is 32.2. The zero-order valence-corrected chi connectivity index (χ0v) is 10.6. The number of thioether (sulfide) groups is 1. The molecule has 3 heterocycles. The second-order valence-corrected chi connectivity index (χ2v) is 5.33. The molecule has 0 aromatic carbocycles. The summed E-state index contributed by atoms with van der Waals surface area (Å²) in [5.41, 5.74) is 0.977. The lowest BCUT2D eigenvalue weighted by Crippen LogP contribution is -2.15. The van der Waals surface area contributed by atoms with E-state index in [1.807, 2.05) is 6.92 Å². The first kappa shape index (κ1) is 11.6. The first-order valence-corrected chi connectivity index (χ1v) is 6.78. The molecule has 3 rings (SSSR count). The summed E-state index contributed by atoms with van der Waals surface area (Å²) < 4.78 is 5.19. The number of rotatable bonds is 2. The maximum absolute atomic E-state index is 9.78. The summed E-state index contributed by atoms with van der Waals surface area (Å²) >= 11 is 1.68. The molecular weight excluding hydrogens is 252 g/mol. The molecule has 0 saturated carbocycles. The van der Waals surface area contributed by atoms with Crippen LogP contribution in [0.4, 0.5) is 0 Å². The monoisotopic (exact) mass is 264 g/mol. The highest BCUT2D eigenvalue weighted by molar-refractivity contribution is 7.99. The van der Waals surface area contributed by atoms with Gasteiger partial charge in [-0.05, 0) is 12.5 Å². The number of aliphatic hydroxyl groups is 1. The number of aryl methyl sites for hydroxylation is 1. The molecule has 0 spiro atoms. The molecule has 1 aliphatic rings. The van der Waals surface area contributed by atoms with Crippen molar-refractivity contribution in [2.24, 2.45) is 0 Å². The van der Waals surface area contributed by atoms with E-state index in [4.69, 9.17) is 4.52 Å². The molecule has 2 atom stereocenters. The molecule has 0 radical (unpaired) electrons. The van der Waals surface area contributed by atoms with Crippen molar-refractivity contribution < 1.29 is 9.63 Å². The molecule has 6 nitrogen and oxygen atoms in total. The van der Waals surface area contributed by atoms with Gasteiger partial charge >= 0.3 is 0 Å². The number of hydrogen-bond donors (Lipinski definition) is 1. The number of aliphatic hydroxyl groups excluding tert-OH is 1. The Hall–Kier alpha value is -1.47. The first-order valence-electron chi connectivity index (χ1n) is 5.62. The molecule has 2 aromatic heterocycles. The first-order chi connectivity index (χ1) is 8.74. The molecule has 18 heavy (non-hydrogen) atoms. The quantitative estimate of drug-likeness (QED) is 0.866. The Morgan fingerprint density at radius 2 is 2.06 bits per heavy atom. The standard InChI is InChI=1S/C11H12N4O2S/c1-6-2-12-9(13-3-6)10-14-11(17-15-10)7-4-18-5-8(7)16/h2-3,7-8,16H,4-5H2,1H3. The summed E-state index contributed by atoms with van der Waals surface area (Å²) in [6.07, 6.45) is 3.00. The van der Waals surface area contributed by atoms with Crippen molar-refractivity contribution >= 4 is 11.8 Å². The largest absolute Gasteiger partial charge is 0.391 e. The predicted octanol–water partition coefficient (Wildman–Crippen LogP) is 1.03. The topological polar surface area (TPSA) is 84.9 Å². The lowest BCUT2D eigenvalue weighted by atomic mass is 10.1. The van der Waals surface area contributed by atoms with Gasteiger partial charge in [0.05, 0.1) is 12.0 Å². The van der Waals surface area contributed by atoms with Crippen LogP contribution < -0.4 is 0 Å². The zero-order valence-electron chi connectivity index (χ0n) is 9.78. The Labute approximate surface area is 108 Å². The molecule has 1 N–H and O–H groups in total. The minimum absolute atomic E-state index is 0.0818. The molecule has 0 amide bonds. The van der Waals surface area contributed by atoms with Crippen LogP contribution in [0.25, 0.3) is 11.6 Å². The van der Waals surface area contributed by atoms with Crippen LogP contribution in [0, 0.1) is 6.92 Å². The van der Waals surface area contributed by atoms with Crippen LogP contribution in [-0.4, -0.2) is 42.8 Å². The average Bonchev–Trinajstić information content (AvgIpc) is 2.98. The lowest BCUT2D eigenvalue weighted by molar-refractivity contribution is 0.164. The van der Waals surface area contributed by atoms with Crippen molar-refractivity contribution in [2.75, 3.05) is 11.5 Å². The van der Waals surface area contributed by atoms with E-state index in [0.29, 0.717) is 23.3 Å². The maximum Gasteiger partial charge on any atom is 0.240 e. The second kappa shape index (κ2) is 4.66. The van der Waals surface area contributed by atoms with E-state index in [1.165, 1.54) is 0 Å². The zero-order chi connectivity index (χ0) is 12.5. The van der Waals surface area contributed by atoms with Gasteiger partial charge in [0.25, 0.3) is 0 Å². The number of aromatic nitrogens is 4. The third-order valence-electron chi connectivity index (χ3n) is 2.79. The van der Waals surface area contributed by atoms with E-state index in [9.17, 15) is 5.11 Å². The number of nitrogens with zero attached hydrogens (tertiary/aromatic N) is 4. The fourth-order valence-corrected chi connectivity index (χ4v) is 2.99. The van der Waals surface area contributed by atoms with E-state index in [0.717, 1.165) is 11.3 Å². The number of hydrogen-bond acceptors (Lipinski definition) is 7. The summed E-state index contributed by atoms with van der Waals surface area (Å²) in [6.45, 7) is 1.91. The van der Waals surface area contributed by atoms with Gasteiger partial charge in [0.15, 0.2) is 0 Å². The molecule has 0 bridgehead atoms. The Bertz CT molecular complexity index is 542. The van der Waals surface area contributed by atoms with Gasteiger partial charge in [0.1, 0.15) is 0 Å². The van der Waals surface area contributed by atoms with Crippen LogP contribution in [0.2, 0.25) is 0 Å². The summed E-state index contributed by atoms with van der Waals surface area (Å²) in [5.74, 6) is 2.71. The highest BCUT2D eigenvalue weighted by Crippen LogP contribution is 2.32. The van der Waals surface area contributed by atoms with Crippen molar-refractivity contribution in [1.82, 2.24) is 20.1 Å². The van der Waals surface area contributed by atoms with E-state index < -0.39 is 6.10 Å². The van der Waals surface area contributed by atoms with Crippen molar-refractivity contribution in [3.05, 3.63) is 23.8 Å². The molecule has 1 fully saturated rings. The summed E-state index contributed by atoms with van der Waals surface area (Å²) in [7, 11) is 0. The van der Waals surface area contributed by atoms with Crippen molar-refractivity contribution in [1.29, 1.82) is 0 Å². The molecule has 1 aliphatic heterocycles. The van der Waals surface area contributed by atoms with Crippen LogP contribution in [0.3, 0.4) is 0 Å². The summed E-state index contributed by atoms with van der Waals surface area (Å²) in [6, 6.07) is 0. The Kier molecular flexibility index (Phi) is 3.00. The summed E-state index contributed by atoms with van der Waals surface area (Å²) in [5, 5.41) is 13.6. The van der Waals surface area contributed by atoms with Crippen LogP contribution in [0.5, 0.6) is 0 Å². The Balaban J connectivity index is 1.87. The van der Waals surface area contributed by atoms with Gasteiger partial charge in [-0.1, -0.05) is 5.16 Å². The van der Waals surface area contributed by atoms with Crippen LogP contribution in [-0.2, 0) is 0 Å². The fourth-order valence-electron chi connectivity index (χ4n) is 1.76. The van der Waals surface area contributed by atoms with E-state index in [-0.39, 0.29) is 5.92 Å². The minimum Gasteiger partial charge on any atom is -0.391 e. The Morgan fingerprint density at radius 1 is 1.28 bits per heavy atom. The highest BCUT2D eigenvalue weighted by Gasteiger charge is 2.32. The van der Waals surface area contributed by atoms with Gasteiger partial charge in [-0.3, -0.25) is 0 Å². The van der Waals surface area contributed by atoms with E-state index in [1.54, 1.807) is 24.2 Å². The average molecular weight is 264 g/mol. The molecular formula is C11H12N4O2S. The third-order valence-corrected chi connectivity index (χ3v) is 3.96. The molecule has 0 aliphatic carbocycles. The molecule has 2 unspecified atom stereocenters. The lowest BCUT2D eigenvalue weighted by Gasteiger charge is -2.06. The minimum atomic E-state index is -0.415. The molecule has 1 saturated heterocycles. The van der Waals surface area contributed by atoms with Crippen LogP contribution in [0.1, 0.15) is 17.4 Å². The van der Waals surface area contributed by atoms with Crippen molar-refractivity contribution in [3.63, 3.8) is 0 Å². The predicted molar refractivity (Wildman–Crippen MR) is 66.1 cm³/mol. The van der Waals surface area contributed by atoms with Gasteiger partial charge in [-0.25, -0.2) is 9.97 Å². The van der Waals surface area contributed by atoms with Gasteiger partial charge in [-0.15, -0.1) is 0 Å². The molecule has 2 aromatic rings. The van der Waals surface area contributed by atoms with Gasteiger partial charge in [-0.2, -0.15) is 16.7 Å². The van der Waals surface area contributed by atoms with Crippen LogP contribution >= 0.6 is 11.8 Å². The SMILES string of the molecule is Cc1cnc(-c2noc(C3CSCC3O)n2)nc1. The van der Waals surface area contributed by atoms with E-state index >= 15 is 0 Å². The van der Waals surface area contributed by atoms with Gasteiger partial charge in [0, 0.05) is 23.9 Å². The van der Waals surface area contributed by atoms with Gasteiger partial charge < -0.3 is 9.63 Å². The van der Waals surface area contributed by atoms with Crippen molar-refractivity contribution in [3.8, 4) is 11.6 Å². The third kappa shape index (κ3) is 2.11. The molecule has 7 heteroatoms. The smallest absolute Gasteiger partial charge is 0.240 e. The van der Waals surface area contributed by atoms with E-state index in [2.05, 4.69) is 20.1 Å². The molecule has 94 valence electrons. The maximum atomic E-state index is 9.78. The summed E-state index contributed by atoms with van der Waals surface area (Å²) in [4.78, 5) is 12.6. The normalized spacial score (nSPS) is 23.4.